The molecule has 7 heteroatoms. The molecule has 4 heterocycles. The van der Waals surface area contributed by atoms with Crippen LogP contribution in [0.1, 0.15) is 24.4 Å². The molecule has 2 aliphatic rings. The van der Waals surface area contributed by atoms with Crippen LogP contribution in [0.3, 0.4) is 0 Å². The number of aryl methyl sites for hydroxylation is 2. The van der Waals surface area contributed by atoms with Gasteiger partial charge in [-0.05, 0) is 25.8 Å². The van der Waals surface area contributed by atoms with Gasteiger partial charge in [-0.2, -0.15) is 5.10 Å². The maximum absolute atomic E-state index is 4.70. The molecule has 0 saturated carbocycles. The lowest BCUT2D eigenvalue weighted by Crippen LogP contribution is -2.46. The van der Waals surface area contributed by atoms with Crippen LogP contribution in [-0.4, -0.2) is 63.9 Å². The first-order chi connectivity index (χ1) is 12.2. The highest BCUT2D eigenvalue weighted by atomic mass is 15.3. The Kier molecular flexibility index (Phi) is 4.57. The van der Waals surface area contributed by atoms with E-state index in [4.69, 9.17) is 4.98 Å². The maximum atomic E-state index is 4.70. The summed E-state index contributed by atoms with van der Waals surface area (Å²) in [6.45, 7) is 9.32. The van der Waals surface area contributed by atoms with E-state index in [1.54, 1.807) is 0 Å². The van der Waals surface area contributed by atoms with E-state index in [1.807, 2.05) is 24.9 Å². The largest absolute Gasteiger partial charge is 0.356 e. The SMILES string of the molecule is Cc1nc(N2CCCC2)cc(N2CCN(Cc3ccnn3C)CC2)n1. The molecule has 7 nitrogen and oxygen atoms in total. The van der Waals surface area contributed by atoms with Gasteiger partial charge in [0.25, 0.3) is 0 Å². The Morgan fingerprint density at radius 2 is 1.56 bits per heavy atom. The molecule has 25 heavy (non-hydrogen) atoms. The second kappa shape index (κ2) is 7.00. The van der Waals surface area contributed by atoms with Crippen LogP contribution in [0.2, 0.25) is 0 Å². The van der Waals surface area contributed by atoms with Gasteiger partial charge in [0.2, 0.25) is 0 Å². The van der Waals surface area contributed by atoms with Gasteiger partial charge in [0.05, 0.1) is 5.69 Å². The van der Waals surface area contributed by atoms with Gasteiger partial charge in [0, 0.05) is 65.1 Å². The molecule has 0 amide bonds. The molecule has 2 aromatic heterocycles. The summed E-state index contributed by atoms with van der Waals surface area (Å²) in [6, 6.07) is 4.28. The number of piperazine rings is 1. The molecule has 2 fully saturated rings. The average molecular weight is 341 g/mol. The lowest BCUT2D eigenvalue weighted by atomic mass is 10.2. The first kappa shape index (κ1) is 16.3. The van der Waals surface area contributed by atoms with Gasteiger partial charge in [-0.25, -0.2) is 9.97 Å². The monoisotopic (exact) mass is 341 g/mol. The molecule has 4 rings (SSSR count). The summed E-state index contributed by atoms with van der Waals surface area (Å²) in [5.74, 6) is 3.05. The molecule has 0 radical (unpaired) electrons. The van der Waals surface area contributed by atoms with Crippen LogP contribution in [-0.2, 0) is 13.6 Å². The third-order valence-electron chi connectivity index (χ3n) is 5.25. The van der Waals surface area contributed by atoms with Crippen molar-refractivity contribution in [3.8, 4) is 0 Å². The van der Waals surface area contributed by atoms with Crippen molar-refractivity contribution in [3.05, 3.63) is 29.8 Å². The second-order valence-corrected chi connectivity index (χ2v) is 7.04. The van der Waals surface area contributed by atoms with Crippen molar-refractivity contribution in [1.29, 1.82) is 0 Å². The Labute approximate surface area is 149 Å². The molecular weight excluding hydrogens is 314 g/mol. The van der Waals surface area contributed by atoms with Crippen molar-refractivity contribution >= 4 is 11.6 Å². The summed E-state index contributed by atoms with van der Waals surface area (Å²) >= 11 is 0. The van der Waals surface area contributed by atoms with Gasteiger partial charge < -0.3 is 9.80 Å². The number of rotatable bonds is 4. The second-order valence-electron chi connectivity index (χ2n) is 7.04. The van der Waals surface area contributed by atoms with Crippen LogP contribution in [0.15, 0.2) is 18.3 Å². The molecule has 0 aliphatic carbocycles. The van der Waals surface area contributed by atoms with E-state index in [0.717, 1.165) is 63.3 Å². The van der Waals surface area contributed by atoms with E-state index in [9.17, 15) is 0 Å². The lowest BCUT2D eigenvalue weighted by molar-refractivity contribution is 0.243. The first-order valence-corrected chi connectivity index (χ1v) is 9.24. The van der Waals surface area contributed by atoms with E-state index in [2.05, 4.69) is 36.9 Å². The fourth-order valence-electron chi connectivity index (χ4n) is 3.73. The molecule has 0 bridgehead atoms. The Morgan fingerprint density at radius 1 is 0.920 bits per heavy atom. The molecule has 2 aliphatic heterocycles. The average Bonchev–Trinajstić information content (AvgIpc) is 3.28. The minimum absolute atomic E-state index is 0.872. The van der Waals surface area contributed by atoms with Gasteiger partial charge in [0.1, 0.15) is 17.5 Å². The molecule has 0 unspecified atom stereocenters. The molecule has 2 aromatic rings. The number of hydrogen-bond donors (Lipinski definition) is 0. The summed E-state index contributed by atoms with van der Waals surface area (Å²) in [7, 11) is 2.01. The van der Waals surface area contributed by atoms with Gasteiger partial charge in [0.15, 0.2) is 0 Å². The number of hydrogen-bond acceptors (Lipinski definition) is 6. The van der Waals surface area contributed by atoms with E-state index in [1.165, 1.54) is 18.5 Å². The predicted molar refractivity (Wildman–Crippen MR) is 98.9 cm³/mol. The molecule has 134 valence electrons. The van der Waals surface area contributed by atoms with Gasteiger partial charge in [-0.1, -0.05) is 0 Å². The number of aromatic nitrogens is 4. The van der Waals surface area contributed by atoms with Crippen LogP contribution in [0, 0.1) is 6.92 Å². The van der Waals surface area contributed by atoms with Gasteiger partial charge >= 0.3 is 0 Å². The van der Waals surface area contributed by atoms with E-state index in [-0.39, 0.29) is 0 Å². The minimum atomic E-state index is 0.872. The zero-order chi connectivity index (χ0) is 17.2. The highest BCUT2D eigenvalue weighted by Gasteiger charge is 2.21. The normalized spacial score (nSPS) is 19.0. The lowest BCUT2D eigenvalue weighted by Gasteiger charge is -2.35. The molecule has 0 atom stereocenters. The Bertz CT molecular complexity index is 712. The summed E-state index contributed by atoms with van der Waals surface area (Å²) < 4.78 is 1.96. The van der Waals surface area contributed by atoms with Crippen molar-refractivity contribution in [2.45, 2.75) is 26.3 Å². The standard InChI is InChI=1S/C18H27N7/c1-15-20-17(24-7-3-4-8-24)13-18(21-15)25-11-9-23(10-12-25)14-16-5-6-19-22(16)2/h5-6,13H,3-4,7-12,14H2,1-2H3. The summed E-state index contributed by atoms with van der Waals surface area (Å²) in [6.07, 6.45) is 4.41. The van der Waals surface area contributed by atoms with Crippen LogP contribution in [0.25, 0.3) is 0 Å². The Morgan fingerprint density at radius 3 is 2.16 bits per heavy atom. The van der Waals surface area contributed by atoms with E-state index >= 15 is 0 Å². The maximum Gasteiger partial charge on any atom is 0.134 e. The topological polar surface area (TPSA) is 53.3 Å². The van der Waals surface area contributed by atoms with Crippen molar-refractivity contribution in [3.63, 3.8) is 0 Å². The number of nitrogens with zero attached hydrogens (tertiary/aromatic N) is 7. The predicted octanol–water partition coefficient (Wildman–Crippen LogP) is 1.44. The molecule has 0 N–H and O–H groups in total. The van der Waals surface area contributed by atoms with Crippen LogP contribution >= 0.6 is 0 Å². The molecule has 0 spiro atoms. The van der Waals surface area contributed by atoms with Crippen molar-refractivity contribution in [1.82, 2.24) is 24.6 Å². The summed E-state index contributed by atoms with van der Waals surface area (Å²) in [4.78, 5) is 16.6. The van der Waals surface area contributed by atoms with Crippen LogP contribution < -0.4 is 9.80 Å². The third-order valence-corrected chi connectivity index (χ3v) is 5.25. The van der Waals surface area contributed by atoms with Crippen LogP contribution in [0.4, 0.5) is 11.6 Å². The Hall–Kier alpha value is -2.15. The first-order valence-electron chi connectivity index (χ1n) is 9.24. The van der Waals surface area contributed by atoms with E-state index in [0.29, 0.717) is 0 Å². The number of anilines is 2. The van der Waals surface area contributed by atoms with Crippen molar-refractivity contribution in [2.24, 2.45) is 7.05 Å². The summed E-state index contributed by atoms with van der Waals surface area (Å²) in [5.41, 5.74) is 1.27. The highest BCUT2D eigenvalue weighted by Crippen LogP contribution is 2.23. The smallest absolute Gasteiger partial charge is 0.134 e. The fraction of sp³-hybridized carbons (Fsp3) is 0.611. The van der Waals surface area contributed by atoms with Crippen molar-refractivity contribution in [2.75, 3.05) is 49.1 Å². The molecule has 2 saturated heterocycles. The van der Waals surface area contributed by atoms with Gasteiger partial charge in [-0.3, -0.25) is 9.58 Å². The van der Waals surface area contributed by atoms with E-state index < -0.39 is 0 Å². The zero-order valence-electron chi connectivity index (χ0n) is 15.2. The molecule has 0 aromatic carbocycles. The van der Waals surface area contributed by atoms with Gasteiger partial charge in [-0.15, -0.1) is 0 Å². The quantitative estimate of drug-likeness (QED) is 0.839. The third kappa shape index (κ3) is 3.61. The molecular formula is C18H27N7. The highest BCUT2D eigenvalue weighted by molar-refractivity contribution is 5.51. The fourth-order valence-corrected chi connectivity index (χ4v) is 3.73. The Balaban J connectivity index is 1.41. The zero-order valence-corrected chi connectivity index (χ0v) is 15.2. The van der Waals surface area contributed by atoms with Crippen LogP contribution in [0.5, 0.6) is 0 Å². The summed E-state index contributed by atoms with van der Waals surface area (Å²) in [5, 5.41) is 4.26. The van der Waals surface area contributed by atoms with Crippen molar-refractivity contribution < 1.29 is 0 Å². The minimum Gasteiger partial charge on any atom is -0.356 e.